The van der Waals surface area contributed by atoms with Crippen LogP contribution in [0.3, 0.4) is 0 Å². The van der Waals surface area contributed by atoms with Crippen molar-refractivity contribution in [3.63, 3.8) is 0 Å². The molecular weight excluding hydrogens is 412 g/mol. The number of ether oxygens (including phenoxy) is 1. The Bertz CT molecular complexity index is 818. The molecule has 1 fully saturated rings. The smallest absolute Gasteiger partial charge is 0.410 e. The number of amides is 2. The van der Waals surface area contributed by atoms with Gasteiger partial charge in [0.05, 0.1) is 16.4 Å². The second kappa shape index (κ2) is 7.72. The van der Waals surface area contributed by atoms with Crippen molar-refractivity contribution in [1.82, 2.24) is 19.6 Å². The molecule has 1 aliphatic rings. The van der Waals surface area contributed by atoms with E-state index in [0.29, 0.717) is 31.7 Å². The molecule has 7 nitrogen and oxygen atoms in total. The summed E-state index contributed by atoms with van der Waals surface area (Å²) in [6.07, 6.45) is 3.24. The summed E-state index contributed by atoms with van der Waals surface area (Å²) in [7, 11) is 0. The van der Waals surface area contributed by atoms with Crippen LogP contribution in [0.5, 0.6) is 0 Å². The summed E-state index contributed by atoms with van der Waals surface area (Å²) in [6.45, 7) is 7.46. The number of halogens is 1. The third-order valence-electron chi connectivity index (χ3n) is 4.15. The number of nitrogens with zero attached hydrogens (tertiary/aromatic N) is 4. The van der Waals surface area contributed by atoms with E-state index in [0.717, 1.165) is 10.2 Å². The van der Waals surface area contributed by atoms with Gasteiger partial charge in [-0.15, -0.1) is 0 Å². The van der Waals surface area contributed by atoms with Crippen LogP contribution >= 0.6 is 15.9 Å². The molecule has 2 heterocycles. The van der Waals surface area contributed by atoms with Crippen molar-refractivity contribution in [3.8, 4) is 5.69 Å². The molecule has 0 aliphatic carbocycles. The van der Waals surface area contributed by atoms with Crippen molar-refractivity contribution in [2.75, 3.05) is 26.2 Å². The molecule has 0 bridgehead atoms. The van der Waals surface area contributed by atoms with Crippen LogP contribution in [0.1, 0.15) is 31.1 Å². The number of benzene rings is 1. The molecule has 27 heavy (non-hydrogen) atoms. The van der Waals surface area contributed by atoms with Gasteiger partial charge in [0.2, 0.25) is 0 Å². The van der Waals surface area contributed by atoms with E-state index in [9.17, 15) is 9.59 Å². The lowest BCUT2D eigenvalue weighted by molar-refractivity contribution is 0.0141. The molecule has 144 valence electrons. The fraction of sp³-hybridized carbons (Fsp3) is 0.421. The monoisotopic (exact) mass is 434 g/mol. The average molecular weight is 435 g/mol. The first-order valence-corrected chi connectivity index (χ1v) is 9.60. The Morgan fingerprint density at radius 2 is 1.63 bits per heavy atom. The molecule has 0 saturated carbocycles. The second-order valence-corrected chi connectivity index (χ2v) is 8.33. The maximum Gasteiger partial charge on any atom is 0.410 e. The number of aromatic nitrogens is 2. The first-order valence-electron chi connectivity index (χ1n) is 8.81. The maximum absolute atomic E-state index is 12.7. The van der Waals surface area contributed by atoms with Crippen LogP contribution in [0, 0.1) is 0 Å². The molecule has 1 aromatic heterocycles. The summed E-state index contributed by atoms with van der Waals surface area (Å²) in [5.41, 5.74) is 0.985. The molecule has 2 amide bonds. The van der Waals surface area contributed by atoms with E-state index in [2.05, 4.69) is 21.0 Å². The zero-order valence-electron chi connectivity index (χ0n) is 15.7. The summed E-state index contributed by atoms with van der Waals surface area (Å²) < 4.78 is 8.01. The van der Waals surface area contributed by atoms with E-state index in [4.69, 9.17) is 4.74 Å². The van der Waals surface area contributed by atoms with Crippen LogP contribution in [0.25, 0.3) is 5.69 Å². The fourth-order valence-electron chi connectivity index (χ4n) is 2.80. The third-order valence-corrected chi connectivity index (χ3v) is 4.56. The molecule has 0 N–H and O–H groups in total. The number of rotatable bonds is 2. The molecule has 8 heteroatoms. The maximum atomic E-state index is 12.7. The molecule has 1 aliphatic heterocycles. The van der Waals surface area contributed by atoms with Gasteiger partial charge in [-0.25, -0.2) is 9.48 Å². The first-order chi connectivity index (χ1) is 12.7. The Morgan fingerprint density at radius 1 is 1.04 bits per heavy atom. The second-order valence-electron chi connectivity index (χ2n) is 7.41. The predicted octanol–water partition coefficient (Wildman–Crippen LogP) is 3.33. The van der Waals surface area contributed by atoms with Crippen LogP contribution in [0.2, 0.25) is 0 Å². The van der Waals surface area contributed by atoms with Gasteiger partial charge in [-0.1, -0.05) is 0 Å². The van der Waals surface area contributed by atoms with Gasteiger partial charge in [-0.05, 0) is 61.0 Å². The molecule has 1 saturated heterocycles. The van der Waals surface area contributed by atoms with E-state index in [1.165, 1.54) is 0 Å². The normalized spacial score (nSPS) is 15.0. The summed E-state index contributed by atoms with van der Waals surface area (Å²) in [6, 6.07) is 7.33. The highest BCUT2D eigenvalue weighted by Crippen LogP contribution is 2.16. The quantitative estimate of drug-likeness (QED) is 0.726. The lowest BCUT2D eigenvalue weighted by atomic mass is 10.1. The molecule has 1 aromatic carbocycles. The van der Waals surface area contributed by atoms with Crippen molar-refractivity contribution in [1.29, 1.82) is 0 Å². The Morgan fingerprint density at radius 3 is 2.15 bits per heavy atom. The Balaban J connectivity index is 1.58. The zero-order valence-corrected chi connectivity index (χ0v) is 17.3. The molecule has 2 aromatic rings. The van der Waals surface area contributed by atoms with Crippen LogP contribution in [0.15, 0.2) is 41.1 Å². The SMILES string of the molecule is CC(C)(C)OC(=O)N1CCN(C(=O)c2ccc(-n3cc(Br)cn3)cc2)CC1. The first kappa shape index (κ1) is 19.4. The Hall–Kier alpha value is -2.35. The fourth-order valence-corrected chi connectivity index (χ4v) is 3.09. The molecule has 0 radical (unpaired) electrons. The van der Waals surface area contributed by atoms with Crippen LogP contribution in [0.4, 0.5) is 4.79 Å². The number of carbonyl (C=O) groups is 2. The summed E-state index contributed by atoms with van der Waals surface area (Å²) in [4.78, 5) is 28.3. The van der Waals surface area contributed by atoms with Gasteiger partial charge in [0.15, 0.2) is 0 Å². The van der Waals surface area contributed by atoms with Crippen LogP contribution in [-0.2, 0) is 4.74 Å². The largest absolute Gasteiger partial charge is 0.444 e. The van der Waals surface area contributed by atoms with Crippen molar-refractivity contribution < 1.29 is 14.3 Å². The summed E-state index contributed by atoms with van der Waals surface area (Å²) in [5, 5.41) is 4.23. The van der Waals surface area contributed by atoms with Crippen molar-refractivity contribution in [2.24, 2.45) is 0 Å². The van der Waals surface area contributed by atoms with Gasteiger partial charge in [-0.2, -0.15) is 5.10 Å². The number of carbonyl (C=O) groups excluding carboxylic acids is 2. The lowest BCUT2D eigenvalue weighted by Gasteiger charge is -2.35. The average Bonchev–Trinajstić information content (AvgIpc) is 3.06. The highest BCUT2D eigenvalue weighted by molar-refractivity contribution is 9.10. The van der Waals surface area contributed by atoms with Crippen LogP contribution in [-0.4, -0.2) is 63.4 Å². The minimum absolute atomic E-state index is 0.0352. The third kappa shape index (κ3) is 4.88. The standard InChI is InChI=1S/C19H23BrN4O3/c1-19(2,3)27-18(26)23-10-8-22(9-11-23)17(25)14-4-6-16(7-5-14)24-13-15(20)12-21-24/h4-7,12-13H,8-11H2,1-3H3. The van der Waals surface area contributed by atoms with Gasteiger partial charge in [0, 0.05) is 37.9 Å². The minimum Gasteiger partial charge on any atom is -0.444 e. The van der Waals surface area contributed by atoms with Crippen LogP contribution < -0.4 is 0 Å². The van der Waals surface area contributed by atoms with Gasteiger partial charge in [0.1, 0.15) is 5.60 Å². The van der Waals surface area contributed by atoms with Gasteiger partial charge >= 0.3 is 6.09 Å². The Labute approximate surface area is 167 Å². The minimum atomic E-state index is -0.518. The summed E-state index contributed by atoms with van der Waals surface area (Å²) >= 11 is 3.37. The zero-order chi connectivity index (χ0) is 19.6. The van der Waals surface area contributed by atoms with Crippen molar-refractivity contribution >= 4 is 27.9 Å². The van der Waals surface area contributed by atoms with E-state index in [-0.39, 0.29) is 12.0 Å². The summed E-state index contributed by atoms with van der Waals surface area (Å²) in [5.74, 6) is -0.0352. The predicted molar refractivity (Wildman–Crippen MR) is 105 cm³/mol. The highest BCUT2D eigenvalue weighted by Gasteiger charge is 2.28. The highest BCUT2D eigenvalue weighted by atomic mass is 79.9. The van der Waals surface area contributed by atoms with Crippen molar-refractivity contribution in [3.05, 3.63) is 46.7 Å². The topological polar surface area (TPSA) is 67.7 Å². The molecule has 3 rings (SSSR count). The molecule has 0 spiro atoms. The molecule has 0 atom stereocenters. The van der Waals surface area contributed by atoms with E-state index < -0.39 is 5.60 Å². The Kier molecular flexibility index (Phi) is 5.55. The van der Waals surface area contributed by atoms with E-state index >= 15 is 0 Å². The van der Waals surface area contributed by atoms with Crippen molar-refractivity contribution in [2.45, 2.75) is 26.4 Å². The number of piperazine rings is 1. The number of hydrogen-bond donors (Lipinski definition) is 0. The lowest BCUT2D eigenvalue weighted by Crippen LogP contribution is -2.51. The molecular formula is C19H23BrN4O3. The molecule has 0 unspecified atom stereocenters. The van der Waals surface area contributed by atoms with E-state index in [1.54, 1.807) is 32.8 Å². The number of hydrogen-bond acceptors (Lipinski definition) is 4. The van der Waals surface area contributed by atoms with Gasteiger partial charge in [-0.3, -0.25) is 4.79 Å². The van der Waals surface area contributed by atoms with Gasteiger partial charge in [0.25, 0.3) is 5.91 Å². The van der Waals surface area contributed by atoms with E-state index in [1.807, 2.05) is 39.1 Å². The van der Waals surface area contributed by atoms with Gasteiger partial charge < -0.3 is 14.5 Å².